The molecule has 0 aromatic heterocycles. The van der Waals surface area contributed by atoms with Crippen molar-refractivity contribution in [3.8, 4) is 0 Å². The Morgan fingerprint density at radius 2 is 2.05 bits per heavy atom. The quantitative estimate of drug-likeness (QED) is 0.647. The highest BCUT2D eigenvalue weighted by molar-refractivity contribution is 7.80. The van der Waals surface area contributed by atoms with Crippen LogP contribution in [0.1, 0.15) is 35.7 Å². The van der Waals surface area contributed by atoms with Crippen molar-refractivity contribution in [3.05, 3.63) is 35.1 Å². The molecule has 1 atom stereocenters. The number of amides is 1. The average molecular weight is 322 g/mol. The van der Waals surface area contributed by atoms with Gasteiger partial charge in [0.15, 0.2) is 0 Å². The van der Waals surface area contributed by atoms with Gasteiger partial charge in [0.1, 0.15) is 5.82 Å². The number of hydrogen-bond acceptors (Lipinski definition) is 2. The number of thiocarbonyl (C=S) groups is 1. The number of hydrogen-bond donors (Lipinski definition) is 2. The molecule has 116 valence electrons. The lowest BCUT2D eigenvalue weighted by Crippen LogP contribution is -2.43. The van der Waals surface area contributed by atoms with Gasteiger partial charge in [-0.1, -0.05) is 31.6 Å². The predicted molar refractivity (Wildman–Crippen MR) is 74.3 cm³/mol. The molecule has 3 nitrogen and oxygen atoms in total. The Kier molecular flexibility index (Phi) is 5.65. The molecule has 0 aliphatic rings. The molecule has 1 aromatic carbocycles. The van der Waals surface area contributed by atoms with Gasteiger partial charge in [-0.3, -0.25) is 4.79 Å². The summed E-state index contributed by atoms with van der Waals surface area (Å²) in [7, 11) is 0. The molecule has 0 spiro atoms. The molecule has 0 fully saturated rings. The zero-order valence-corrected chi connectivity index (χ0v) is 11.9. The fourth-order valence-electron chi connectivity index (χ4n) is 1.74. The number of benzene rings is 1. The van der Waals surface area contributed by atoms with Gasteiger partial charge in [0.2, 0.25) is 0 Å². The van der Waals surface area contributed by atoms with Gasteiger partial charge < -0.3 is 11.1 Å². The van der Waals surface area contributed by atoms with Crippen LogP contribution in [-0.2, 0) is 6.18 Å². The minimum atomic E-state index is -4.87. The molecule has 0 bridgehead atoms. The molecule has 1 unspecified atom stereocenters. The van der Waals surface area contributed by atoms with Crippen LogP contribution in [0, 0.1) is 5.82 Å². The van der Waals surface area contributed by atoms with Crippen molar-refractivity contribution in [2.75, 3.05) is 0 Å². The Bertz CT molecular complexity index is 545. The first-order valence-corrected chi connectivity index (χ1v) is 6.55. The van der Waals surface area contributed by atoms with Crippen LogP contribution in [-0.4, -0.2) is 16.9 Å². The van der Waals surface area contributed by atoms with Gasteiger partial charge in [0, 0.05) is 0 Å². The summed E-state index contributed by atoms with van der Waals surface area (Å²) in [4.78, 5) is 11.9. The van der Waals surface area contributed by atoms with E-state index < -0.39 is 35.1 Å². The van der Waals surface area contributed by atoms with Crippen LogP contribution in [0.2, 0.25) is 0 Å². The van der Waals surface area contributed by atoms with Crippen molar-refractivity contribution in [2.45, 2.75) is 32.0 Å². The first-order chi connectivity index (χ1) is 9.68. The third-order valence-corrected chi connectivity index (χ3v) is 3.06. The molecule has 1 aromatic rings. The summed E-state index contributed by atoms with van der Waals surface area (Å²) < 4.78 is 51.6. The van der Waals surface area contributed by atoms with E-state index in [0.29, 0.717) is 18.9 Å². The first kappa shape index (κ1) is 17.4. The number of nitrogens with one attached hydrogen (secondary N) is 1. The van der Waals surface area contributed by atoms with E-state index in [1.54, 1.807) is 0 Å². The maximum Gasteiger partial charge on any atom is 0.419 e. The molecule has 0 radical (unpaired) electrons. The smallest absolute Gasteiger partial charge is 0.392 e. The Balaban J connectivity index is 3.06. The number of rotatable bonds is 5. The second kappa shape index (κ2) is 6.84. The highest BCUT2D eigenvalue weighted by Crippen LogP contribution is 2.32. The average Bonchev–Trinajstić information content (AvgIpc) is 2.36. The molecule has 1 rings (SSSR count). The number of nitrogens with two attached hydrogens (primary N) is 1. The summed E-state index contributed by atoms with van der Waals surface area (Å²) in [6, 6.07) is 1.83. The summed E-state index contributed by atoms with van der Waals surface area (Å²) >= 11 is 4.76. The van der Waals surface area contributed by atoms with E-state index in [-0.39, 0.29) is 4.99 Å². The van der Waals surface area contributed by atoms with Crippen LogP contribution < -0.4 is 11.1 Å². The lowest BCUT2D eigenvalue weighted by Gasteiger charge is -2.17. The first-order valence-electron chi connectivity index (χ1n) is 6.14. The summed E-state index contributed by atoms with van der Waals surface area (Å²) in [5.41, 5.74) is 3.25. The second-order valence-corrected chi connectivity index (χ2v) is 4.85. The fraction of sp³-hybridized carbons (Fsp3) is 0.385. The molecule has 21 heavy (non-hydrogen) atoms. The molecule has 0 aliphatic heterocycles. The van der Waals surface area contributed by atoms with Crippen LogP contribution in [0.25, 0.3) is 0 Å². The Morgan fingerprint density at radius 1 is 1.43 bits per heavy atom. The van der Waals surface area contributed by atoms with Crippen LogP contribution in [0.5, 0.6) is 0 Å². The van der Waals surface area contributed by atoms with E-state index in [2.05, 4.69) is 5.32 Å². The maximum atomic E-state index is 13.8. The molecule has 0 aliphatic carbocycles. The molecule has 1 amide bonds. The Hall–Kier alpha value is -1.70. The zero-order chi connectivity index (χ0) is 16.2. The third-order valence-electron chi connectivity index (χ3n) is 2.77. The van der Waals surface area contributed by atoms with Crippen LogP contribution >= 0.6 is 12.2 Å². The van der Waals surface area contributed by atoms with Gasteiger partial charge in [-0.05, 0) is 18.6 Å². The highest BCUT2D eigenvalue weighted by atomic mass is 32.1. The van der Waals surface area contributed by atoms with E-state index in [9.17, 15) is 22.4 Å². The molecule has 8 heteroatoms. The topological polar surface area (TPSA) is 55.1 Å². The van der Waals surface area contributed by atoms with E-state index in [0.717, 1.165) is 12.1 Å². The minimum absolute atomic E-state index is 0.00224. The monoisotopic (exact) mass is 322 g/mol. The van der Waals surface area contributed by atoms with Crippen molar-refractivity contribution in [1.29, 1.82) is 0 Å². The Labute approximate surface area is 124 Å². The molecule has 0 heterocycles. The minimum Gasteiger partial charge on any atom is -0.392 e. The molecule has 0 saturated heterocycles. The van der Waals surface area contributed by atoms with E-state index >= 15 is 0 Å². The molecule has 3 N–H and O–H groups in total. The second-order valence-electron chi connectivity index (χ2n) is 4.38. The number of halogens is 4. The number of alkyl halides is 3. The standard InChI is InChI=1S/C13H14F4N2OS/c1-2-4-9(11(18)21)19-12(20)7-5-3-6-8(10(7)14)13(15,16)17/h3,5-6,9H,2,4H2,1H3,(H2,18,21)(H,19,20). The summed E-state index contributed by atoms with van der Waals surface area (Å²) in [5, 5.41) is 2.34. The van der Waals surface area contributed by atoms with E-state index in [1.165, 1.54) is 0 Å². The van der Waals surface area contributed by atoms with Gasteiger partial charge in [0.25, 0.3) is 5.91 Å². The van der Waals surface area contributed by atoms with Crippen LogP contribution in [0.4, 0.5) is 17.6 Å². The van der Waals surface area contributed by atoms with Crippen LogP contribution in [0.3, 0.4) is 0 Å². The van der Waals surface area contributed by atoms with E-state index in [4.69, 9.17) is 18.0 Å². The van der Waals surface area contributed by atoms with Gasteiger partial charge >= 0.3 is 6.18 Å². The normalized spacial score (nSPS) is 12.8. The maximum absolute atomic E-state index is 13.8. The third kappa shape index (κ3) is 4.38. The largest absolute Gasteiger partial charge is 0.419 e. The predicted octanol–water partition coefficient (Wildman–Crippen LogP) is 3.03. The molecular formula is C13H14F4N2OS. The summed E-state index contributed by atoms with van der Waals surface area (Å²) in [5.74, 6) is -2.59. The van der Waals surface area contributed by atoms with Crippen molar-refractivity contribution in [2.24, 2.45) is 5.73 Å². The number of carbonyl (C=O) groups is 1. The van der Waals surface area contributed by atoms with Crippen molar-refractivity contribution in [1.82, 2.24) is 5.32 Å². The van der Waals surface area contributed by atoms with E-state index in [1.807, 2.05) is 6.92 Å². The van der Waals surface area contributed by atoms with Gasteiger partial charge in [-0.2, -0.15) is 13.2 Å². The SMILES string of the molecule is CCCC(NC(=O)c1cccc(C(F)(F)F)c1F)C(N)=S. The number of carbonyl (C=O) groups excluding carboxylic acids is 1. The fourth-order valence-corrected chi connectivity index (χ4v) is 1.91. The summed E-state index contributed by atoms with van der Waals surface area (Å²) in [6.07, 6.45) is -3.80. The van der Waals surface area contributed by atoms with Gasteiger partial charge in [-0.15, -0.1) is 0 Å². The molecular weight excluding hydrogens is 308 g/mol. The van der Waals surface area contributed by atoms with Gasteiger partial charge in [-0.25, -0.2) is 4.39 Å². The highest BCUT2D eigenvalue weighted by Gasteiger charge is 2.35. The summed E-state index contributed by atoms with van der Waals surface area (Å²) in [6.45, 7) is 1.82. The van der Waals surface area contributed by atoms with Crippen molar-refractivity contribution in [3.63, 3.8) is 0 Å². The Morgan fingerprint density at radius 3 is 2.52 bits per heavy atom. The van der Waals surface area contributed by atoms with Crippen molar-refractivity contribution >= 4 is 23.1 Å². The molecule has 0 saturated carbocycles. The van der Waals surface area contributed by atoms with Crippen molar-refractivity contribution < 1.29 is 22.4 Å². The van der Waals surface area contributed by atoms with Gasteiger partial charge in [0.05, 0.1) is 22.2 Å². The lowest BCUT2D eigenvalue weighted by molar-refractivity contribution is -0.140. The zero-order valence-electron chi connectivity index (χ0n) is 11.1. The lowest BCUT2D eigenvalue weighted by atomic mass is 10.1. The van der Waals surface area contributed by atoms with Crippen LogP contribution in [0.15, 0.2) is 18.2 Å².